The number of rotatable bonds is 7. The van der Waals surface area contributed by atoms with Crippen molar-refractivity contribution in [3.8, 4) is 11.3 Å². The monoisotopic (exact) mass is 382 g/mol. The summed E-state index contributed by atoms with van der Waals surface area (Å²) in [5, 5.41) is 6.17. The Hall–Kier alpha value is -2.11. The Morgan fingerprint density at radius 1 is 1.15 bits per heavy atom. The van der Waals surface area contributed by atoms with Crippen molar-refractivity contribution in [1.29, 1.82) is 0 Å². The Labute approximate surface area is 162 Å². The van der Waals surface area contributed by atoms with Gasteiger partial charge in [-0.3, -0.25) is 4.79 Å². The molecular formula is C21H22N2OS2. The van der Waals surface area contributed by atoms with Crippen LogP contribution < -0.4 is 5.32 Å². The molecule has 3 aromatic rings. The van der Waals surface area contributed by atoms with Gasteiger partial charge in [-0.25, -0.2) is 4.98 Å². The number of hydrogen-bond acceptors (Lipinski definition) is 4. The lowest BCUT2D eigenvalue weighted by Gasteiger charge is -2.07. The first-order chi connectivity index (χ1) is 12.7. The Kier molecular flexibility index (Phi) is 6.47. The van der Waals surface area contributed by atoms with Crippen LogP contribution in [0.25, 0.3) is 11.3 Å². The second-order valence-electron chi connectivity index (χ2n) is 6.09. The summed E-state index contributed by atoms with van der Waals surface area (Å²) in [6.45, 7) is 2.64. The fraction of sp³-hybridized carbons (Fsp3) is 0.238. The fourth-order valence-electron chi connectivity index (χ4n) is 2.73. The number of aryl methyl sites for hydroxylation is 1. The predicted octanol–water partition coefficient (Wildman–Crippen LogP) is 4.95. The van der Waals surface area contributed by atoms with Gasteiger partial charge in [0.05, 0.1) is 10.7 Å². The average Bonchev–Trinajstić information content (AvgIpc) is 3.09. The minimum absolute atomic E-state index is 0.0116. The number of benzene rings is 2. The van der Waals surface area contributed by atoms with Gasteiger partial charge in [-0.05, 0) is 42.9 Å². The number of amides is 1. The summed E-state index contributed by atoms with van der Waals surface area (Å²) in [4.78, 5) is 16.8. The summed E-state index contributed by atoms with van der Waals surface area (Å²) in [7, 11) is 0. The summed E-state index contributed by atoms with van der Waals surface area (Å²) in [5.74, 6) is 0.911. The van der Waals surface area contributed by atoms with Crippen LogP contribution in [0.3, 0.4) is 0 Å². The van der Waals surface area contributed by atoms with E-state index < -0.39 is 0 Å². The Morgan fingerprint density at radius 3 is 2.65 bits per heavy atom. The molecule has 26 heavy (non-hydrogen) atoms. The molecule has 0 unspecified atom stereocenters. The first-order valence-electron chi connectivity index (χ1n) is 8.53. The maximum Gasteiger partial charge on any atom is 0.251 e. The largest absolute Gasteiger partial charge is 0.352 e. The highest BCUT2D eigenvalue weighted by molar-refractivity contribution is 7.97. The van der Waals surface area contributed by atoms with Crippen molar-refractivity contribution in [2.24, 2.45) is 0 Å². The normalized spacial score (nSPS) is 10.7. The van der Waals surface area contributed by atoms with Crippen LogP contribution in [0.4, 0.5) is 0 Å². The predicted molar refractivity (Wildman–Crippen MR) is 112 cm³/mol. The minimum Gasteiger partial charge on any atom is -0.352 e. The Balaban J connectivity index is 1.53. The maximum absolute atomic E-state index is 12.3. The van der Waals surface area contributed by atoms with E-state index in [1.54, 1.807) is 23.1 Å². The number of thioether (sulfide) groups is 1. The standard InChI is InChI=1S/C21H22N2OS2/c1-15-23-20(14-26-15)18-8-6-16(7-9-18)10-11-22-21(24)19-5-3-4-17(12-19)13-25-2/h3-9,12,14H,10-11,13H2,1-2H3,(H,22,24). The second-order valence-corrected chi connectivity index (χ2v) is 8.02. The molecule has 0 saturated carbocycles. The number of carbonyl (C=O) groups is 1. The van der Waals surface area contributed by atoms with Crippen molar-refractivity contribution >= 4 is 29.0 Å². The van der Waals surface area contributed by atoms with Gasteiger partial charge in [-0.2, -0.15) is 11.8 Å². The third-order valence-electron chi connectivity index (χ3n) is 4.07. The van der Waals surface area contributed by atoms with E-state index in [-0.39, 0.29) is 5.91 Å². The molecule has 3 rings (SSSR count). The quantitative estimate of drug-likeness (QED) is 0.628. The lowest BCUT2D eigenvalue weighted by atomic mass is 10.1. The highest BCUT2D eigenvalue weighted by Gasteiger charge is 2.06. The molecule has 2 aromatic carbocycles. The second kappa shape index (κ2) is 9.01. The molecule has 5 heteroatoms. The van der Waals surface area contributed by atoms with E-state index in [0.29, 0.717) is 6.54 Å². The number of nitrogens with one attached hydrogen (secondary N) is 1. The van der Waals surface area contributed by atoms with Crippen molar-refractivity contribution in [1.82, 2.24) is 10.3 Å². The number of hydrogen-bond donors (Lipinski definition) is 1. The Bertz CT molecular complexity index is 872. The highest BCUT2D eigenvalue weighted by Crippen LogP contribution is 2.21. The van der Waals surface area contributed by atoms with E-state index in [1.807, 2.05) is 25.1 Å². The van der Waals surface area contributed by atoms with E-state index in [4.69, 9.17) is 0 Å². The lowest BCUT2D eigenvalue weighted by molar-refractivity contribution is 0.0954. The number of aromatic nitrogens is 1. The van der Waals surface area contributed by atoms with Crippen LogP contribution in [-0.2, 0) is 12.2 Å². The van der Waals surface area contributed by atoms with Gasteiger partial charge in [0.25, 0.3) is 5.91 Å². The van der Waals surface area contributed by atoms with Crippen LogP contribution in [0.5, 0.6) is 0 Å². The molecule has 1 aromatic heterocycles. The molecule has 0 saturated heterocycles. The van der Waals surface area contributed by atoms with Gasteiger partial charge >= 0.3 is 0 Å². The first-order valence-corrected chi connectivity index (χ1v) is 10.8. The van der Waals surface area contributed by atoms with Crippen molar-refractivity contribution in [2.75, 3.05) is 12.8 Å². The summed E-state index contributed by atoms with van der Waals surface area (Å²) in [5.41, 5.74) is 5.27. The van der Waals surface area contributed by atoms with Crippen molar-refractivity contribution in [3.63, 3.8) is 0 Å². The molecular weight excluding hydrogens is 360 g/mol. The third kappa shape index (κ3) is 4.96. The van der Waals surface area contributed by atoms with E-state index in [0.717, 1.165) is 34.0 Å². The fourth-order valence-corrected chi connectivity index (χ4v) is 3.86. The lowest BCUT2D eigenvalue weighted by Crippen LogP contribution is -2.25. The van der Waals surface area contributed by atoms with Gasteiger partial charge in [0.1, 0.15) is 0 Å². The van der Waals surface area contributed by atoms with Gasteiger partial charge in [0.2, 0.25) is 0 Å². The zero-order chi connectivity index (χ0) is 18.4. The summed E-state index contributed by atoms with van der Waals surface area (Å²) >= 11 is 3.42. The molecule has 0 aliphatic heterocycles. The molecule has 1 heterocycles. The molecule has 0 fully saturated rings. The molecule has 134 valence electrons. The number of thiazole rings is 1. The SMILES string of the molecule is CSCc1cccc(C(=O)NCCc2ccc(-c3csc(C)n3)cc2)c1. The highest BCUT2D eigenvalue weighted by atomic mass is 32.2. The molecule has 0 atom stereocenters. The van der Waals surface area contributed by atoms with Gasteiger partial charge < -0.3 is 5.32 Å². The molecule has 0 aliphatic rings. The van der Waals surface area contributed by atoms with E-state index in [9.17, 15) is 4.79 Å². The van der Waals surface area contributed by atoms with Crippen LogP contribution in [0.15, 0.2) is 53.9 Å². The molecule has 0 spiro atoms. The van der Waals surface area contributed by atoms with E-state index in [2.05, 4.69) is 52.3 Å². The topological polar surface area (TPSA) is 42.0 Å². The summed E-state index contributed by atoms with van der Waals surface area (Å²) < 4.78 is 0. The van der Waals surface area contributed by atoms with Crippen molar-refractivity contribution in [3.05, 3.63) is 75.6 Å². The van der Waals surface area contributed by atoms with Crippen LogP contribution >= 0.6 is 23.1 Å². The third-order valence-corrected chi connectivity index (χ3v) is 5.46. The molecule has 1 amide bonds. The van der Waals surface area contributed by atoms with Crippen LogP contribution in [0, 0.1) is 6.92 Å². The van der Waals surface area contributed by atoms with Crippen LogP contribution in [0.1, 0.15) is 26.5 Å². The van der Waals surface area contributed by atoms with Gasteiger partial charge in [-0.15, -0.1) is 11.3 Å². The molecule has 1 N–H and O–H groups in total. The number of nitrogens with zero attached hydrogens (tertiary/aromatic N) is 1. The van der Waals surface area contributed by atoms with Crippen LogP contribution in [-0.4, -0.2) is 23.7 Å². The molecule has 3 nitrogen and oxygen atoms in total. The zero-order valence-electron chi connectivity index (χ0n) is 15.0. The van der Waals surface area contributed by atoms with E-state index >= 15 is 0 Å². The van der Waals surface area contributed by atoms with Crippen molar-refractivity contribution in [2.45, 2.75) is 19.1 Å². The smallest absolute Gasteiger partial charge is 0.251 e. The van der Waals surface area contributed by atoms with Crippen molar-refractivity contribution < 1.29 is 4.79 Å². The van der Waals surface area contributed by atoms with Gasteiger partial charge in [0, 0.05) is 28.8 Å². The average molecular weight is 383 g/mol. The minimum atomic E-state index is -0.0116. The van der Waals surface area contributed by atoms with Gasteiger partial charge in [-0.1, -0.05) is 36.4 Å². The number of carbonyl (C=O) groups excluding carboxylic acids is 1. The molecule has 0 bridgehead atoms. The zero-order valence-corrected chi connectivity index (χ0v) is 16.6. The van der Waals surface area contributed by atoms with Crippen LogP contribution in [0.2, 0.25) is 0 Å². The Morgan fingerprint density at radius 2 is 1.96 bits per heavy atom. The summed E-state index contributed by atoms with van der Waals surface area (Å²) in [6.07, 6.45) is 2.88. The van der Waals surface area contributed by atoms with E-state index in [1.165, 1.54) is 11.1 Å². The molecule has 0 aliphatic carbocycles. The molecule has 0 radical (unpaired) electrons. The first kappa shape index (κ1) is 18.7. The maximum atomic E-state index is 12.3. The summed E-state index contributed by atoms with van der Waals surface area (Å²) in [6, 6.07) is 16.2. The van der Waals surface area contributed by atoms with Gasteiger partial charge in [0.15, 0.2) is 0 Å².